The van der Waals surface area contributed by atoms with Crippen LogP contribution in [0, 0.1) is 25.2 Å². The van der Waals surface area contributed by atoms with Crippen LogP contribution >= 0.6 is 0 Å². The average molecular weight is 276 g/mol. The van der Waals surface area contributed by atoms with Crippen LogP contribution in [0.5, 0.6) is 0 Å². The molecule has 0 bridgehead atoms. The average Bonchev–Trinajstić information content (AvgIpc) is 2.77. The summed E-state index contributed by atoms with van der Waals surface area (Å²) in [6, 6.07) is 6.25. The highest BCUT2D eigenvalue weighted by molar-refractivity contribution is 5.98. The van der Waals surface area contributed by atoms with Crippen molar-refractivity contribution in [3.63, 3.8) is 0 Å². The molecule has 0 aliphatic rings. The van der Waals surface area contributed by atoms with Crippen LogP contribution in [-0.2, 0) is 7.05 Å². The molecule has 4 heteroatoms. The van der Waals surface area contributed by atoms with Gasteiger partial charge in [-0.2, -0.15) is 5.26 Å². The van der Waals surface area contributed by atoms with Gasteiger partial charge >= 0.3 is 0 Å². The Morgan fingerprint density at radius 2 is 1.95 bits per heavy atom. The molecule has 21 heavy (non-hydrogen) atoms. The molecule has 4 nitrogen and oxygen atoms in total. The first-order chi connectivity index (χ1) is 10.0. The van der Waals surface area contributed by atoms with Gasteiger partial charge in [-0.1, -0.05) is 0 Å². The second-order valence-electron chi connectivity index (χ2n) is 5.35. The SMILES string of the molecule is Cc1cc2c(cc1C#N)c(-c1cncc(N)c1C)cn2C. The third kappa shape index (κ3) is 1.95. The zero-order chi connectivity index (χ0) is 15.1. The van der Waals surface area contributed by atoms with E-state index < -0.39 is 0 Å². The quantitative estimate of drug-likeness (QED) is 0.741. The number of aromatic nitrogens is 2. The minimum atomic E-state index is 0.678. The predicted octanol–water partition coefficient (Wildman–Crippen LogP) is 3.31. The highest BCUT2D eigenvalue weighted by Crippen LogP contribution is 2.34. The molecule has 0 aliphatic carbocycles. The molecular weight excluding hydrogens is 260 g/mol. The molecule has 0 saturated carbocycles. The lowest BCUT2D eigenvalue weighted by molar-refractivity contribution is 0.969. The Kier molecular flexibility index (Phi) is 2.91. The van der Waals surface area contributed by atoms with Crippen molar-refractivity contribution in [1.82, 2.24) is 9.55 Å². The van der Waals surface area contributed by atoms with Crippen molar-refractivity contribution < 1.29 is 0 Å². The number of nitrogens with two attached hydrogens (primary N) is 1. The summed E-state index contributed by atoms with van der Waals surface area (Å²) < 4.78 is 2.07. The van der Waals surface area contributed by atoms with Crippen molar-refractivity contribution in [2.75, 3.05) is 5.73 Å². The van der Waals surface area contributed by atoms with Crippen LogP contribution in [0.3, 0.4) is 0 Å². The highest BCUT2D eigenvalue weighted by Gasteiger charge is 2.14. The number of nitriles is 1. The minimum Gasteiger partial charge on any atom is -0.397 e. The topological polar surface area (TPSA) is 67.6 Å². The standard InChI is InChI=1S/C17H16N4/c1-10-4-17-13(5-12(10)6-18)15(9-21(17)3)14-7-20-8-16(19)11(14)2/h4-5,7-9H,19H2,1-3H3. The number of anilines is 1. The largest absolute Gasteiger partial charge is 0.397 e. The van der Waals surface area contributed by atoms with Gasteiger partial charge in [-0.25, -0.2) is 0 Å². The Hall–Kier alpha value is -2.80. The zero-order valence-electron chi connectivity index (χ0n) is 12.3. The molecule has 0 radical (unpaired) electrons. The Morgan fingerprint density at radius 1 is 1.19 bits per heavy atom. The van der Waals surface area contributed by atoms with Gasteiger partial charge in [-0.3, -0.25) is 4.98 Å². The number of hydrogen-bond donors (Lipinski definition) is 1. The van der Waals surface area contributed by atoms with Crippen molar-refractivity contribution in [3.8, 4) is 17.2 Å². The third-order valence-corrected chi connectivity index (χ3v) is 4.00. The van der Waals surface area contributed by atoms with Crippen LogP contribution in [0.1, 0.15) is 16.7 Å². The fourth-order valence-corrected chi connectivity index (χ4v) is 2.68. The summed E-state index contributed by atoms with van der Waals surface area (Å²) in [7, 11) is 2.01. The summed E-state index contributed by atoms with van der Waals surface area (Å²) in [4.78, 5) is 4.20. The third-order valence-electron chi connectivity index (χ3n) is 4.00. The molecule has 0 aliphatic heterocycles. The maximum Gasteiger partial charge on any atom is 0.0994 e. The smallest absolute Gasteiger partial charge is 0.0994 e. The van der Waals surface area contributed by atoms with Gasteiger partial charge in [-0.15, -0.1) is 0 Å². The van der Waals surface area contributed by atoms with Crippen LogP contribution in [-0.4, -0.2) is 9.55 Å². The van der Waals surface area contributed by atoms with E-state index in [0.717, 1.165) is 33.2 Å². The Morgan fingerprint density at radius 3 is 2.67 bits per heavy atom. The van der Waals surface area contributed by atoms with Gasteiger partial charge in [-0.05, 0) is 37.1 Å². The van der Waals surface area contributed by atoms with E-state index in [1.165, 1.54) is 0 Å². The normalized spacial score (nSPS) is 10.8. The molecule has 1 aromatic carbocycles. The van der Waals surface area contributed by atoms with Crippen LogP contribution in [0.4, 0.5) is 5.69 Å². The van der Waals surface area contributed by atoms with E-state index in [-0.39, 0.29) is 0 Å². The molecule has 0 saturated heterocycles. The molecule has 2 N–H and O–H groups in total. The number of benzene rings is 1. The van der Waals surface area contributed by atoms with Gasteiger partial charge < -0.3 is 10.3 Å². The van der Waals surface area contributed by atoms with Gasteiger partial charge in [0.25, 0.3) is 0 Å². The van der Waals surface area contributed by atoms with Crippen LogP contribution in [0.25, 0.3) is 22.0 Å². The van der Waals surface area contributed by atoms with Gasteiger partial charge in [0.2, 0.25) is 0 Å². The molecule has 3 rings (SSSR count). The highest BCUT2D eigenvalue weighted by atomic mass is 14.9. The van der Waals surface area contributed by atoms with Crippen molar-refractivity contribution in [2.45, 2.75) is 13.8 Å². The summed E-state index contributed by atoms with van der Waals surface area (Å²) >= 11 is 0. The van der Waals surface area contributed by atoms with Gasteiger partial charge in [0.1, 0.15) is 0 Å². The molecule has 104 valence electrons. The molecule has 2 aromatic heterocycles. The van der Waals surface area contributed by atoms with E-state index >= 15 is 0 Å². The molecular formula is C17H16N4. The Bertz CT molecular complexity index is 897. The molecule has 0 amide bonds. The van der Waals surface area contributed by atoms with Crippen LogP contribution < -0.4 is 5.73 Å². The van der Waals surface area contributed by atoms with Gasteiger partial charge in [0.05, 0.1) is 23.5 Å². The molecule has 3 aromatic rings. The lowest BCUT2D eigenvalue weighted by Gasteiger charge is -2.07. The van der Waals surface area contributed by atoms with Crippen LogP contribution in [0.2, 0.25) is 0 Å². The summed E-state index contributed by atoms with van der Waals surface area (Å²) in [6.07, 6.45) is 5.55. The minimum absolute atomic E-state index is 0.678. The lowest BCUT2D eigenvalue weighted by Crippen LogP contribution is -1.93. The predicted molar refractivity (Wildman–Crippen MR) is 84.8 cm³/mol. The van der Waals surface area contributed by atoms with E-state index in [9.17, 15) is 5.26 Å². The second kappa shape index (κ2) is 4.64. The molecule has 0 spiro atoms. The monoisotopic (exact) mass is 276 g/mol. The Balaban J connectivity index is 2.39. The van der Waals surface area contributed by atoms with E-state index in [1.54, 1.807) is 6.20 Å². The molecule has 0 atom stereocenters. The number of aryl methyl sites for hydroxylation is 2. The number of pyridine rings is 1. The first-order valence-corrected chi connectivity index (χ1v) is 6.73. The number of nitrogens with zero attached hydrogens (tertiary/aromatic N) is 3. The Labute approximate surface area is 123 Å². The van der Waals surface area contributed by atoms with E-state index in [4.69, 9.17) is 5.73 Å². The van der Waals surface area contributed by atoms with E-state index in [2.05, 4.69) is 21.8 Å². The maximum atomic E-state index is 9.26. The fraction of sp³-hybridized carbons (Fsp3) is 0.176. The fourth-order valence-electron chi connectivity index (χ4n) is 2.68. The van der Waals surface area contributed by atoms with Crippen LogP contribution in [0.15, 0.2) is 30.7 Å². The zero-order valence-corrected chi connectivity index (χ0v) is 12.3. The number of rotatable bonds is 1. The molecule has 0 fully saturated rings. The number of nitrogen functional groups attached to an aromatic ring is 1. The summed E-state index contributed by atoms with van der Waals surface area (Å²) in [6.45, 7) is 3.95. The maximum absolute atomic E-state index is 9.26. The lowest BCUT2D eigenvalue weighted by atomic mass is 9.99. The molecule has 0 unspecified atom stereocenters. The van der Waals surface area contributed by atoms with Gasteiger partial charge in [0, 0.05) is 41.5 Å². The van der Waals surface area contributed by atoms with Crippen molar-refractivity contribution in [1.29, 1.82) is 5.26 Å². The summed E-state index contributed by atoms with van der Waals surface area (Å²) in [5.41, 5.74) is 12.5. The number of hydrogen-bond acceptors (Lipinski definition) is 3. The first kappa shape index (κ1) is 13.2. The van der Waals surface area contributed by atoms with Crippen molar-refractivity contribution in [2.24, 2.45) is 7.05 Å². The number of fused-ring (bicyclic) bond motifs is 1. The summed E-state index contributed by atoms with van der Waals surface area (Å²) in [5, 5.41) is 10.3. The van der Waals surface area contributed by atoms with E-state index in [0.29, 0.717) is 11.3 Å². The van der Waals surface area contributed by atoms with E-state index in [1.807, 2.05) is 39.2 Å². The second-order valence-corrected chi connectivity index (χ2v) is 5.35. The first-order valence-electron chi connectivity index (χ1n) is 6.73. The molecule has 2 heterocycles. The van der Waals surface area contributed by atoms with Crippen molar-refractivity contribution in [3.05, 3.63) is 47.4 Å². The van der Waals surface area contributed by atoms with Gasteiger partial charge in [0.15, 0.2) is 0 Å². The van der Waals surface area contributed by atoms with Crippen molar-refractivity contribution >= 4 is 16.6 Å². The summed E-state index contributed by atoms with van der Waals surface area (Å²) in [5.74, 6) is 0.